The summed E-state index contributed by atoms with van der Waals surface area (Å²) >= 11 is 0. The van der Waals surface area contributed by atoms with Crippen molar-refractivity contribution in [1.82, 2.24) is 5.32 Å². The van der Waals surface area contributed by atoms with Crippen LogP contribution in [0.25, 0.3) is 0 Å². The van der Waals surface area contributed by atoms with E-state index in [1.54, 1.807) is 0 Å². The first-order valence-corrected chi connectivity index (χ1v) is 11.9. The molecule has 1 fully saturated rings. The van der Waals surface area contributed by atoms with Crippen LogP contribution in [0.4, 0.5) is 0 Å². The van der Waals surface area contributed by atoms with E-state index < -0.39 is 27.4 Å². The van der Waals surface area contributed by atoms with E-state index in [9.17, 15) is 10.2 Å². The molecule has 3 N–H and O–H groups in total. The Morgan fingerprint density at radius 1 is 1.20 bits per heavy atom. The Bertz CT molecular complexity index is 520. The van der Waals surface area contributed by atoms with E-state index in [1.807, 2.05) is 30.3 Å². The lowest BCUT2D eigenvalue weighted by Crippen LogP contribution is -2.63. The van der Waals surface area contributed by atoms with Gasteiger partial charge in [-0.2, -0.15) is 0 Å². The number of rotatable bonds is 6. The molecule has 0 spiro atoms. The van der Waals surface area contributed by atoms with E-state index in [0.29, 0.717) is 13.2 Å². The molecule has 2 rings (SSSR count). The molecule has 25 heavy (non-hydrogen) atoms. The third-order valence-corrected chi connectivity index (χ3v) is 5.39. The molecule has 5 unspecified atom stereocenters. The Kier molecular flexibility index (Phi) is 7.19. The van der Waals surface area contributed by atoms with Crippen molar-refractivity contribution in [3.05, 3.63) is 35.9 Å². The van der Waals surface area contributed by atoms with E-state index in [4.69, 9.17) is 9.16 Å². The van der Waals surface area contributed by atoms with Gasteiger partial charge in [-0.1, -0.05) is 51.1 Å². The molecule has 1 aromatic carbocycles. The summed E-state index contributed by atoms with van der Waals surface area (Å²) in [6, 6.07) is 9.69. The predicted molar refractivity (Wildman–Crippen MR) is 102 cm³/mol. The standard InChI is InChI=1S/C19H33NO4Si/c1-19(2,3)18(24-25(4)5)17-16(22)15(21)14(12-23-17)20-11-13-9-7-6-8-10-13/h6-10,14-18,20-22,25H,11-12H2,1-5H3. The average molecular weight is 368 g/mol. The van der Waals surface area contributed by atoms with Gasteiger partial charge in [-0.15, -0.1) is 0 Å². The van der Waals surface area contributed by atoms with Crippen LogP contribution in [0.1, 0.15) is 26.3 Å². The normalized spacial score (nSPS) is 29.0. The summed E-state index contributed by atoms with van der Waals surface area (Å²) in [4.78, 5) is 0. The fraction of sp³-hybridized carbons (Fsp3) is 0.684. The van der Waals surface area contributed by atoms with Gasteiger partial charge in [-0.05, 0) is 24.1 Å². The number of aliphatic hydroxyl groups is 2. The maximum Gasteiger partial charge on any atom is 0.171 e. The fourth-order valence-electron chi connectivity index (χ4n) is 3.20. The number of ether oxygens (including phenoxy) is 1. The molecular weight excluding hydrogens is 334 g/mol. The fourth-order valence-corrected chi connectivity index (χ4v) is 4.35. The van der Waals surface area contributed by atoms with Crippen molar-refractivity contribution in [3.8, 4) is 0 Å². The van der Waals surface area contributed by atoms with Gasteiger partial charge >= 0.3 is 0 Å². The lowest BCUT2D eigenvalue weighted by molar-refractivity contribution is -0.193. The van der Waals surface area contributed by atoms with Gasteiger partial charge in [-0.3, -0.25) is 0 Å². The summed E-state index contributed by atoms with van der Waals surface area (Å²) in [6.45, 7) is 11.4. The van der Waals surface area contributed by atoms with Gasteiger partial charge in [0.1, 0.15) is 18.3 Å². The van der Waals surface area contributed by atoms with Gasteiger partial charge in [0, 0.05) is 6.54 Å². The highest BCUT2D eigenvalue weighted by molar-refractivity contribution is 6.48. The number of nitrogens with one attached hydrogen (secondary N) is 1. The topological polar surface area (TPSA) is 71.0 Å². The molecule has 1 aliphatic rings. The quantitative estimate of drug-likeness (QED) is 0.668. The van der Waals surface area contributed by atoms with Crippen molar-refractivity contribution in [2.75, 3.05) is 6.61 Å². The molecule has 0 aromatic heterocycles. The molecule has 142 valence electrons. The van der Waals surface area contributed by atoms with E-state index in [1.165, 1.54) is 0 Å². The van der Waals surface area contributed by atoms with Crippen LogP contribution >= 0.6 is 0 Å². The largest absolute Gasteiger partial charge is 0.414 e. The third kappa shape index (κ3) is 5.61. The minimum Gasteiger partial charge on any atom is -0.414 e. The molecule has 0 aliphatic carbocycles. The first-order valence-electron chi connectivity index (χ1n) is 9.10. The monoisotopic (exact) mass is 367 g/mol. The second-order valence-electron chi connectivity index (χ2n) is 8.22. The van der Waals surface area contributed by atoms with Gasteiger partial charge in [0.15, 0.2) is 9.04 Å². The molecule has 0 radical (unpaired) electrons. The van der Waals surface area contributed by atoms with E-state index in [2.05, 4.69) is 39.2 Å². The van der Waals surface area contributed by atoms with Crippen LogP contribution in [0.2, 0.25) is 13.1 Å². The van der Waals surface area contributed by atoms with Gasteiger partial charge in [0.2, 0.25) is 0 Å². The maximum absolute atomic E-state index is 10.7. The molecule has 6 heteroatoms. The lowest BCUT2D eigenvalue weighted by Gasteiger charge is -2.45. The molecule has 1 aliphatic heterocycles. The first kappa shape index (κ1) is 20.5. The first-order chi connectivity index (χ1) is 11.7. The smallest absolute Gasteiger partial charge is 0.171 e. The van der Waals surface area contributed by atoms with Gasteiger partial charge in [0.05, 0.1) is 18.8 Å². The highest BCUT2D eigenvalue weighted by atomic mass is 28.3. The van der Waals surface area contributed by atoms with Crippen molar-refractivity contribution in [2.24, 2.45) is 5.41 Å². The minimum absolute atomic E-state index is 0.174. The summed E-state index contributed by atoms with van der Waals surface area (Å²) < 4.78 is 12.1. The molecule has 5 atom stereocenters. The van der Waals surface area contributed by atoms with Crippen LogP contribution in [0, 0.1) is 5.41 Å². The van der Waals surface area contributed by atoms with Crippen LogP contribution < -0.4 is 5.32 Å². The van der Waals surface area contributed by atoms with Gasteiger partial charge in [0.25, 0.3) is 0 Å². The van der Waals surface area contributed by atoms with Crippen LogP contribution in [0.5, 0.6) is 0 Å². The number of benzene rings is 1. The van der Waals surface area contributed by atoms with Crippen LogP contribution in [0.15, 0.2) is 30.3 Å². The molecule has 0 amide bonds. The van der Waals surface area contributed by atoms with Crippen LogP contribution in [-0.2, 0) is 15.7 Å². The maximum atomic E-state index is 10.7. The van der Waals surface area contributed by atoms with Crippen molar-refractivity contribution in [3.63, 3.8) is 0 Å². The number of hydrogen-bond acceptors (Lipinski definition) is 5. The number of aliphatic hydroxyl groups excluding tert-OH is 2. The van der Waals surface area contributed by atoms with E-state index in [-0.39, 0.29) is 17.6 Å². The molecule has 1 heterocycles. The van der Waals surface area contributed by atoms with Crippen LogP contribution in [0.3, 0.4) is 0 Å². The van der Waals surface area contributed by atoms with Gasteiger partial charge < -0.3 is 24.7 Å². The Morgan fingerprint density at radius 3 is 2.40 bits per heavy atom. The van der Waals surface area contributed by atoms with Crippen molar-refractivity contribution in [2.45, 2.75) is 70.9 Å². The molecule has 1 aromatic rings. The highest BCUT2D eigenvalue weighted by Gasteiger charge is 2.46. The van der Waals surface area contributed by atoms with Crippen molar-refractivity contribution < 1.29 is 19.4 Å². The Balaban J connectivity index is 2.00. The summed E-state index contributed by atoms with van der Waals surface area (Å²) in [5.41, 5.74) is 0.959. The minimum atomic E-state index is -1.31. The van der Waals surface area contributed by atoms with Crippen molar-refractivity contribution >= 4 is 9.04 Å². The number of hydrogen-bond donors (Lipinski definition) is 3. The molecular formula is C19H33NO4Si. The second-order valence-corrected chi connectivity index (χ2v) is 10.6. The second kappa shape index (κ2) is 8.75. The zero-order valence-electron chi connectivity index (χ0n) is 16.0. The highest BCUT2D eigenvalue weighted by Crippen LogP contribution is 2.32. The SMILES string of the molecule is C[SiH](C)OC(C1OCC(NCc2ccccc2)C(O)C1O)C(C)(C)C. The van der Waals surface area contributed by atoms with Gasteiger partial charge in [-0.25, -0.2) is 0 Å². The summed E-state index contributed by atoms with van der Waals surface area (Å²) in [6.07, 6.45) is -2.61. The predicted octanol–water partition coefficient (Wildman–Crippen LogP) is 1.68. The zero-order valence-corrected chi connectivity index (χ0v) is 17.1. The lowest BCUT2D eigenvalue weighted by atomic mass is 9.81. The summed E-state index contributed by atoms with van der Waals surface area (Å²) in [5, 5.41) is 24.6. The van der Waals surface area contributed by atoms with E-state index >= 15 is 0 Å². The molecule has 1 saturated heterocycles. The summed E-state index contributed by atoms with van der Waals surface area (Å²) in [7, 11) is -1.31. The average Bonchev–Trinajstić information content (AvgIpc) is 2.54. The van der Waals surface area contributed by atoms with Crippen molar-refractivity contribution in [1.29, 1.82) is 0 Å². The summed E-state index contributed by atoms with van der Waals surface area (Å²) in [5.74, 6) is 0. The van der Waals surface area contributed by atoms with E-state index in [0.717, 1.165) is 5.56 Å². The Morgan fingerprint density at radius 2 is 1.84 bits per heavy atom. The Hall–Kier alpha value is -0.763. The zero-order chi connectivity index (χ0) is 18.6. The third-order valence-electron chi connectivity index (χ3n) is 4.55. The Labute approximate surface area is 153 Å². The molecule has 0 saturated carbocycles. The molecule has 0 bridgehead atoms. The molecule has 5 nitrogen and oxygen atoms in total. The van der Waals surface area contributed by atoms with Crippen LogP contribution in [-0.4, -0.2) is 56.3 Å².